The monoisotopic (exact) mass is 754 g/mol. The largest absolute Gasteiger partial charge is 0.544 e. The highest BCUT2D eigenvalue weighted by molar-refractivity contribution is 5.71. The highest BCUT2D eigenvalue weighted by Crippen LogP contribution is 2.11. The van der Waals surface area contributed by atoms with Gasteiger partial charge in [-0.1, -0.05) is 131 Å². The van der Waals surface area contributed by atoms with Gasteiger partial charge in [0.15, 0.2) is 6.10 Å². The maximum atomic E-state index is 12.7. The van der Waals surface area contributed by atoms with Crippen LogP contribution < -0.4 is 5.11 Å². The van der Waals surface area contributed by atoms with Gasteiger partial charge in [0, 0.05) is 12.8 Å². The Bertz CT molecular complexity index is 1160. The topological polar surface area (TPSA) is 102 Å². The van der Waals surface area contributed by atoms with Crippen molar-refractivity contribution in [3.05, 3.63) is 85.1 Å². The summed E-state index contributed by atoms with van der Waals surface area (Å²) in [6, 6.07) is -0.744. The minimum atomic E-state index is -1.14. The maximum Gasteiger partial charge on any atom is 0.309 e. The van der Waals surface area contributed by atoms with Gasteiger partial charge in [-0.25, -0.2) is 0 Å². The predicted molar refractivity (Wildman–Crippen MR) is 222 cm³/mol. The van der Waals surface area contributed by atoms with E-state index in [1.807, 2.05) is 12.2 Å². The molecule has 8 nitrogen and oxygen atoms in total. The Morgan fingerprint density at radius 1 is 0.593 bits per heavy atom. The lowest BCUT2D eigenvalue weighted by Crippen LogP contribution is -2.55. The lowest BCUT2D eigenvalue weighted by molar-refractivity contribution is -0.889. The van der Waals surface area contributed by atoms with Crippen LogP contribution in [0.5, 0.6) is 0 Å². The van der Waals surface area contributed by atoms with E-state index in [1.165, 1.54) is 25.7 Å². The number of unbranched alkanes of at least 4 members (excludes halogenated alkanes) is 8. The summed E-state index contributed by atoms with van der Waals surface area (Å²) in [6.45, 7) is 4.35. The van der Waals surface area contributed by atoms with Gasteiger partial charge in [0.2, 0.25) is 0 Å². The number of quaternary nitrogens is 1. The van der Waals surface area contributed by atoms with Crippen LogP contribution in [0.25, 0.3) is 0 Å². The quantitative estimate of drug-likeness (QED) is 0.0275. The molecule has 0 fully saturated rings. The summed E-state index contributed by atoms with van der Waals surface area (Å²) < 4.78 is 16.9. The van der Waals surface area contributed by atoms with Gasteiger partial charge in [-0.05, 0) is 70.6 Å². The number of aliphatic carboxylic acids is 1. The molecule has 0 aliphatic carbocycles. The number of carboxylic acid groups (broad SMARTS) is 1. The van der Waals surface area contributed by atoms with E-state index in [2.05, 4.69) is 80.7 Å². The highest BCUT2D eigenvalue weighted by atomic mass is 16.6. The standard InChI is InChI=1S/C46H75NO7/c1-6-8-10-12-14-16-17-18-19-20-21-22-23-24-25-26-27-29-31-33-35-37-45(49)54-42(40-52-39-38-43(46(50)51)47(3,4)5)41-53-44(48)36-34-32-30-28-15-13-11-9-7-2/h9,11,14-16,18-19,21-22,24-25,28,32,34,42-43H,6-8,10,12-13,17,20,23,26-27,29-31,33,35-41H2,1-5H3/b11-9+,16-14+,19-18+,22-21+,25-24+,28-15+,34-32+. The third-order valence-corrected chi connectivity index (χ3v) is 8.55. The van der Waals surface area contributed by atoms with Gasteiger partial charge in [-0.15, -0.1) is 0 Å². The molecule has 0 aliphatic heterocycles. The van der Waals surface area contributed by atoms with E-state index in [0.29, 0.717) is 0 Å². The van der Waals surface area contributed by atoms with Gasteiger partial charge in [0.25, 0.3) is 0 Å². The van der Waals surface area contributed by atoms with Gasteiger partial charge in [0.1, 0.15) is 12.6 Å². The number of carbonyl (C=O) groups excluding carboxylic acids is 3. The molecule has 0 aromatic rings. The third-order valence-electron chi connectivity index (χ3n) is 8.55. The fourth-order valence-corrected chi connectivity index (χ4v) is 5.35. The first-order valence-corrected chi connectivity index (χ1v) is 20.6. The highest BCUT2D eigenvalue weighted by Gasteiger charge is 2.25. The number of rotatable bonds is 35. The van der Waals surface area contributed by atoms with Gasteiger partial charge in [-0.2, -0.15) is 0 Å². The van der Waals surface area contributed by atoms with E-state index in [1.54, 1.807) is 27.2 Å². The molecule has 0 aromatic carbocycles. The summed E-state index contributed by atoms with van der Waals surface area (Å²) in [5.74, 6) is -1.93. The SMILES string of the molecule is CC/C=C/C/C=C/C/C=C/CC(=O)OCC(COCCC(C(=O)[O-])[N+](C)(C)C)OC(=O)CCCCCCC/C=C/C/C=C/C/C=C/C/C=C/CCCCC. The number of carboxylic acids is 1. The molecule has 0 radical (unpaired) electrons. The molecule has 0 rings (SSSR count). The lowest BCUT2D eigenvalue weighted by Gasteiger charge is -2.34. The Morgan fingerprint density at radius 3 is 1.63 bits per heavy atom. The van der Waals surface area contributed by atoms with Crippen LogP contribution in [0.2, 0.25) is 0 Å². The van der Waals surface area contributed by atoms with Crippen LogP contribution in [-0.2, 0) is 28.6 Å². The van der Waals surface area contributed by atoms with Crippen molar-refractivity contribution >= 4 is 17.9 Å². The van der Waals surface area contributed by atoms with E-state index in [0.717, 1.165) is 77.0 Å². The molecule has 0 amide bonds. The Morgan fingerprint density at radius 2 is 1.09 bits per heavy atom. The average molecular weight is 754 g/mol. The summed E-state index contributed by atoms with van der Waals surface area (Å²) in [5, 5.41) is 11.6. The Hall–Kier alpha value is -3.49. The summed E-state index contributed by atoms with van der Waals surface area (Å²) in [7, 11) is 5.36. The molecule has 0 aliphatic rings. The number of ether oxygens (including phenoxy) is 3. The molecule has 0 aromatic heterocycles. The normalized spacial score (nSPS) is 13.9. The van der Waals surface area contributed by atoms with Gasteiger partial charge in [0.05, 0.1) is 46.7 Å². The van der Waals surface area contributed by atoms with E-state index in [9.17, 15) is 19.5 Å². The minimum Gasteiger partial charge on any atom is -0.544 e. The number of hydrogen-bond acceptors (Lipinski definition) is 7. The Labute approximate surface area is 329 Å². The predicted octanol–water partition coefficient (Wildman–Crippen LogP) is 9.63. The van der Waals surface area contributed by atoms with Crippen molar-refractivity contribution in [2.24, 2.45) is 0 Å². The van der Waals surface area contributed by atoms with E-state index < -0.39 is 24.1 Å². The van der Waals surface area contributed by atoms with Gasteiger partial charge >= 0.3 is 11.9 Å². The molecular formula is C46H75NO7. The number of carbonyl (C=O) groups is 3. The second-order valence-corrected chi connectivity index (χ2v) is 14.5. The third kappa shape index (κ3) is 34.3. The van der Waals surface area contributed by atoms with Crippen LogP contribution in [-0.4, -0.2) is 75.5 Å². The summed E-state index contributed by atoms with van der Waals surface area (Å²) in [4.78, 5) is 36.6. The molecule has 0 bridgehead atoms. The minimum absolute atomic E-state index is 0.000520. The summed E-state index contributed by atoms with van der Waals surface area (Å²) >= 11 is 0. The fraction of sp³-hybridized carbons (Fsp3) is 0.630. The van der Waals surface area contributed by atoms with Crippen LogP contribution in [0.3, 0.4) is 0 Å². The molecule has 0 saturated heterocycles. The van der Waals surface area contributed by atoms with Crippen LogP contribution >= 0.6 is 0 Å². The molecule has 54 heavy (non-hydrogen) atoms. The maximum absolute atomic E-state index is 12.7. The lowest BCUT2D eigenvalue weighted by atomic mass is 10.1. The van der Waals surface area contributed by atoms with Crippen molar-refractivity contribution < 1.29 is 38.2 Å². The van der Waals surface area contributed by atoms with Crippen molar-refractivity contribution in [2.45, 2.75) is 148 Å². The molecule has 306 valence electrons. The van der Waals surface area contributed by atoms with Crippen LogP contribution in [0.4, 0.5) is 0 Å². The molecular weight excluding hydrogens is 679 g/mol. The second kappa shape index (κ2) is 36.5. The zero-order chi connectivity index (χ0) is 40.0. The van der Waals surface area contributed by atoms with E-state index in [-0.39, 0.29) is 49.5 Å². The molecule has 0 heterocycles. The summed E-state index contributed by atoms with van der Waals surface area (Å²) in [5.41, 5.74) is 0. The number of esters is 2. The molecule has 0 N–H and O–H groups in total. The molecule has 0 saturated carbocycles. The number of nitrogens with zero attached hydrogens (tertiary/aromatic N) is 1. The molecule has 0 spiro atoms. The number of likely N-dealkylation sites (N-methyl/N-ethyl adjacent to an activating group) is 1. The Kier molecular flexibility index (Phi) is 34.1. The number of allylic oxidation sites excluding steroid dienone is 13. The van der Waals surface area contributed by atoms with Crippen molar-refractivity contribution in [3.8, 4) is 0 Å². The zero-order valence-corrected chi connectivity index (χ0v) is 34.6. The van der Waals surface area contributed by atoms with E-state index >= 15 is 0 Å². The van der Waals surface area contributed by atoms with Gasteiger partial charge < -0.3 is 28.6 Å². The smallest absolute Gasteiger partial charge is 0.309 e. The summed E-state index contributed by atoms with van der Waals surface area (Å²) in [6.07, 6.45) is 46.5. The molecule has 8 heteroatoms. The molecule has 2 atom stereocenters. The van der Waals surface area contributed by atoms with Crippen LogP contribution in [0, 0.1) is 0 Å². The van der Waals surface area contributed by atoms with Crippen molar-refractivity contribution in [3.63, 3.8) is 0 Å². The first kappa shape index (κ1) is 50.5. The van der Waals surface area contributed by atoms with Crippen LogP contribution in [0.15, 0.2) is 85.1 Å². The first-order chi connectivity index (χ1) is 26.1. The zero-order valence-electron chi connectivity index (χ0n) is 34.6. The number of hydrogen-bond donors (Lipinski definition) is 0. The van der Waals surface area contributed by atoms with Crippen LogP contribution in [0.1, 0.15) is 136 Å². The first-order valence-electron chi connectivity index (χ1n) is 20.6. The Balaban J connectivity index is 4.43. The second-order valence-electron chi connectivity index (χ2n) is 14.5. The van der Waals surface area contributed by atoms with Gasteiger partial charge in [-0.3, -0.25) is 9.59 Å². The van der Waals surface area contributed by atoms with Crippen molar-refractivity contribution in [1.29, 1.82) is 0 Å². The van der Waals surface area contributed by atoms with Crippen molar-refractivity contribution in [1.82, 2.24) is 0 Å². The van der Waals surface area contributed by atoms with E-state index in [4.69, 9.17) is 14.2 Å². The average Bonchev–Trinajstić information content (AvgIpc) is 3.12. The van der Waals surface area contributed by atoms with Crippen molar-refractivity contribution in [2.75, 3.05) is 41.0 Å². The molecule has 2 unspecified atom stereocenters. The fourth-order valence-electron chi connectivity index (χ4n) is 5.35.